The first kappa shape index (κ1) is 14.5. The fraction of sp³-hybridized carbons (Fsp3) is 0.500. The Morgan fingerprint density at radius 1 is 1.16 bits per heavy atom. The second kappa shape index (κ2) is 5.22. The molecule has 1 aliphatic rings. The summed E-state index contributed by atoms with van der Waals surface area (Å²) in [6.45, 7) is 1.91. The fourth-order valence-electron chi connectivity index (χ4n) is 2.19. The molecule has 0 amide bonds. The molecule has 1 aromatic rings. The van der Waals surface area contributed by atoms with Gasteiger partial charge >= 0.3 is 0 Å². The minimum atomic E-state index is -3.45. The summed E-state index contributed by atoms with van der Waals surface area (Å²) in [5, 5.41) is -0.642. The minimum Gasteiger partial charge on any atom is -0.223 e. The average molecular weight is 303 g/mol. The molecule has 106 valence electrons. The summed E-state index contributed by atoms with van der Waals surface area (Å²) in [4.78, 5) is 0.260. The van der Waals surface area contributed by atoms with Crippen LogP contribution in [0.25, 0.3) is 0 Å². The van der Waals surface area contributed by atoms with Crippen molar-refractivity contribution in [3.05, 3.63) is 30.3 Å². The first-order valence-corrected chi connectivity index (χ1v) is 9.30. The Kier molecular flexibility index (Phi) is 3.98. The van der Waals surface area contributed by atoms with Crippen molar-refractivity contribution >= 4 is 19.9 Å². The Labute approximate surface area is 114 Å². The van der Waals surface area contributed by atoms with E-state index in [2.05, 4.69) is 0 Å². The Morgan fingerprint density at radius 3 is 2.37 bits per heavy atom. The van der Waals surface area contributed by atoms with Crippen molar-refractivity contribution in [2.75, 3.05) is 18.8 Å². The van der Waals surface area contributed by atoms with E-state index < -0.39 is 25.1 Å². The highest BCUT2D eigenvalue weighted by molar-refractivity contribution is 7.92. The zero-order valence-electron chi connectivity index (χ0n) is 10.7. The molecule has 1 atom stereocenters. The highest BCUT2D eigenvalue weighted by Crippen LogP contribution is 2.25. The van der Waals surface area contributed by atoms with Crippen molar-refractivity contribution in [3.8, 4) is 0 Å². The summed E-state index contributed by atoms with van der Waals surface area (Å²) >= 11 is 0. The molecule has 1 saturated heterocycles. The molecule has 1 aromatic carbocycles. The van der Waals surface area contributed by atoms with E-state index in [0.717, 1.165) is 0 Å². The lowest BCUT2D eigenvalue weighted by Crippen LogP contribution is -2.32. The van der Waals surface area contributed by atoms with Crippen LogP contribution in [0.5, 0.6) is 0 Å². The second-order valence-electron chi connectivity index (χ2n) is 4.53. The van der Waals surface area contributed by atoms with Gasteiger partial charge in [-0.05, 0) is 25.5 Å². The summed E-state index contributed by atoms with van der Waals surface area (Å²) in [6.07, 6.45) is 0.358. The Balaban J connectivity index is 2.22. The van der Waals surface area contributed by atoms with E-state index in [1.165, 1.54) is 4.31 Å². The van der Waals surface area contributed by atoms with Crippen molar-refractivity contribution in [1.82, 2.24) is 4.31 Å². The van der Waals surface area contributed by atoms with Gasteiger partial charge in [-0.15, -0.1) is 0 Å². The largest absolute Gasteiger partial charge is 0.223 e. The molecule has 0 N–H and O–H groups in total. The lowest BCUT2D eigenvalue weighted by molar-refractivity contribution is 0.478. The van der Waals surface area contributed by atoms with E-state index in [-0.39, 0.29) is 23.7 Å². The van der Waals surface area contributed by atoms with E-state index in [9.17, 15) is 16.8 Å². The molecule has 0 saturated carbocycles. The smallest absolute Gasteiger partial charge is 0.213 e. The topological polar surface area (TPSA) is 71.5 Å². The number of hydrogen-bond donors (Lipinski definition) is 0. The molecule has 19 heavy (non-hydrogen) atoms. The van der Waals surface area contributed by atoms with E-state index in [0.29, 0.717) is 6.42 Å². The molecule has 0 aromatic heterocycles. The van der Waals surface area contributed by atoms with Gasteiger partial charge in [-0.2, -0.15) is 0 Å². The Morgan fingerprint density at radius 2 is 1.79 bits per heavy atom. The third kappa shape index (κ3) is 2.82. The zero-order valence-corrected chi connectivity index (χ0v) is 12.3. The molecule has 1 aliphatic heterocycles. The van der Waals surface area contributed by atoms with Crippen LogP contribution in [0.2, 0.25) is 0 Å². The van der Waals surface area contributed by atoms with Crippen molar-refractivity contribution in [2.45, 2.75) is 23.5 Å². The van der Waals surface area contributed by atoms with Crippen LogP contribution in [0.4, 0.5) is 0 Å². The summed E-state index contributed by atoms with van der Waals surface area (Å²) in [7, 11) is -6.75. The summed E-state index contributed by atoms with van der Waals surface area (Å²) in [5.41, 5.74) is 0. The van der Waals surface area contributed by atoms with Gasteiger partial charge in [0.1, 0.15) is 0 Å². The third-order valence-electron chi connectivity index (χ3n) is 3.38. The molecule has 2 rings (SSSR count). The van der Waals surface area contributed by atoms with E-state index >= 15 is 0 Å². The number of sulfone groups is 1. The lowest BCUT2D eigenvalue weighted by atomic mass is 10.4. The maximum Gasteiger partial charge on any atom is 0.213 e. The van der Waals surface area contributed by atoms with Gasteiger partial charge in [0.25, 0.3) is 0 Å². The molecular formula is C12H17NO4S2. The molecule has 0 radical (unpaired) electrons. The van der Waals surface area contributed by atoms with Gasteiger partial charge in [0.2, 0.25) is 10.0 Å². The van der Waals surface area contributed by atoms with Crippen LogP contribution in [0, 0.1) is 0 Å². The molecule has 0 aliphatic carbocycles. The normalized spacial score (nSPS) is 21.6. The summed E-state index contributed by atoms with van der Waals surface area (Å²) in [6, 6.07) is 8.19. The standard InChI is InChI=1S/C12H17NO4S2/c1-2-18(14,15)13-9-8-12(10-13)19(16,17)11-6-4-3-5-7-11/h3-7,12H,2,8-10H2,1H3. The molecule has 1 fully saturated rings. The zero-order chi connectivity index (χ0) is 14.1. The van der Waals surface area contributed by atoms with Gasteiger partial charge in [0, 0.05) is 13.1 Å². The molecule has 1 unspecified atom stereocenters. The number of nitrogens with zero attached hydrogens (tertiary/aromatic N) is 1. The first-order valence-electron chi connectivity index (χ1n) is 6.14. The number of benzene rings is 1. The summed E-state index contributed by atoms with van der Waals surface area (Å²) in [5.74, 6) is 0.00506. The minimum absolute atomic E-state index is 0.00506. The van der Waals surface area contributed by atoms with Crippen molar-refractivity contribution in [2.24, 2.45) is 0 Å². The van der Waals surface area contributed by atoms with Crippen LogP contribution >= 0.6 is 0 Å². The second-order valence-corrected chi connectivity index (χ2v) is 9.01. The van der Waals surface area contributed by atoms with Crippen LogP contribution in [-0.2, 0) is 19.9 Å². The van der Waals surface area contributed by atoms with Gasteiger partial charge in [0.15, 0.2) is 9.84 Å². The number of sulfonamides is 1. The molecular weight excluding hydrogens is 286 g/mol. The average Bonchev–Trinajstić information content (AvgIpc) is 2.91. The van der Waals surface area contributed by atoms with E-state index in [1.54, 1.807) is 37.3 Å². The molecule has 0 spiro atoms. The molecule has 5 nitrogen and oxygen atoms in total. The fourth-order valence-corrected chi connectivity index (χ4v) is 5.15. The Bertz CT molecular complexity index is 638. The van der Waals surface area contributed by atoms with Gasteiger partial charge < -0.3 is 0 Å². The van der Waals surface area contributed by atoms with Gasteiger partial charge in [0.05, 0.1) is 15.9 Å². The maximum absolute atomic E-state index is 12.4. The molecule has 7 heteroatoms. The number of rotatable bonds is 4. The summed E-state index contributed by atoms with van der Waals surface area (Å²) < 4.78 is 49.5. The molecule has 1 heterocycles. The quantitative estimate of drug-likeness (QED) is 0.828. The van der Waals surface area contributed by atoms with Crippen LogP contribution in [-0.4, -0.2) is 45.2 Å². The SMILES string of the molecule is CCS(=O)(=O)N1CCC(S(=O)(=O)c2ccccc2)C1. The van der Waals surface area contributed by atoms with Crippen LogP contribution in [0.15, 0.2) is 35.2 Å². The van der Waals surface area contributed by atoms with Gasteiger partial charge in [-0.25, -0.2) is 21.1 Å². The van der Waals surface area contributed by atoms with Crippen LogP contribution < -0.4 is 0 Å². The maximum atomic E-state index is 12.4. The van der Waals surface area contributed by atoms with E-state index in [4.69, 9.17) is 0 Å². The third-order valence-corrected chi connectivity index (χ3v) is 7.42. The highest BCUT2D eigenvalue weighted by Gasteiger charge is 2.38. The highest BCUT2D eigenvalue weighted by atomic mass is 32.2. The predicted molar refractivity (Wildman–Crippen MR) is 73.1 cm³/mol. The number of hydrogen-bond acceptors (Lipinski definition) is 4. The van der Waals surface area contributed by atoms with Crippen molar-refractivity contribution < 1.29 is 16.8 Å². The van der Waals surface area contributed by atoms with Crippen LogP contribution in [0.3, 0.4) is 0 Å². The van der Waals surface area contributed by atoms with Gasteiger partial charge in [-0.1, -0.05) is 18.2 Å². The van der Waals surface area contributed by atoms with Gasteiger partial charge in [-0.3, -0.25) is 0 Å². The monoisotopic (exact) mass is 303 g/mol. The van der Waals surface area contributed by atoms with Crippen molar-refractivity contribution in [1.29, 1.82) is 0 Å². The predicted octanol–water partition coefficient (Wildman–Crippen LogP) is 0.884. The van der Waals surface area contributed by atoms with Crippen LogP contribution in [0.1, 0.15) is 13.3 Å². The Hall–Kier alpha value is -0.920. The first-order chi connectivity index (χ1) is 8.88. The lowest BCUT2D eigenvalue weighted by Gasteiger charge is -2.15. The molecule has 0 bridgehead atoms. The van der Waals surface area contributed by atoms with Crippen molar-refractivity contribution in [3.63, 3.8) is 0 Å². The van der Waals surface area contributed by atoms with E-state index in [1.807, 2.05) is 0 Å².